The zero-order chi connectivity index (χ0) is 8.10. The van der Waals surface area contributed by atoms with E-state index in [1.807, 2.05) is 0 Å². The monoisotopic (exact) mass is 154 g/mol. The largest absolute Gasteiger partial charge is 0.396 e. The minimum Gasteiger partial charge on any atom is -0.396 e. The molecule has 0 aliphatic carbocycles. The molecular weight excluding hydrogens is 140 g/mol. The molecule has 3 heteroatoms. The van der Waals surface area contributed by atoms with E-state index in [2.05, 4.69) is 11.0 Å². The topological polar surface area (TPSA) is 47.3 Å². The van der Waals surface area contributed by atoms with Crippen LogP contribution in [-0.2, 0) is 0 Å². The third-order valence-corrected chi connectivity index (χ3v) is 2.05. The summed E-state index contributed by atoms with van der Waals surface area (Å²) in [5, 5.41) is 17.0. The molecule has 1 aliphatic heterocycles. The van der Waals surface area contributed by atoms with Gasteiger partial charge in [-0.2, -0.15) is 5.26 Å². The zero-order valence-corrected chi connectivity index (χ0v) is 6.66. The van der Waals surface area contributed by atoms with Gasteiger partial charge in [0.25, 0.3) is 0 Å². The Kier molecular flexibility index (Phi) is 3.34. The number of nitrogens with zero attached hydrogens (tertiary/aromatic N) is 2. The first-order chi connectivity index (χ1) is 5.36. The van der Waals surface area contributed by atoms with E-state index in [9.17, 15) is 0 Å². The minimum atomic E-state index is 0.314. The maximum Gasteiger partial charge on any atom is 0.0622 e. The van der Waals surface area contributed by atoms with Gasteiger partial charge in [0.1, 0.15) is 0 Å². The van der Waals surface area contributed by atoms with Crippen LogP contribution in [0.1, 0.15) is 12.8 Å². The molecule has 1 saturated heterocycles. The van der Waals surface area contributed by atoms with Gasteiger partial charge in [-0.3, -0.25) is 0 Å². The Balaban J connectivity index is 1.93. The predicted molar refractivity (Wildman–Crippen MR) is 41.9 cm³/mol. The van der Waals surface area contributed by atoms with Crippen LogP contribution in [0.25, 0.3) is 0 Å². The van der Waals surface area contributed by atoms with E-state index in [0.717, 1.165) is 26.1 Å². The molecule has 1 rings (SSSR count). The van der Waals surface area contributed by atoms with Crippen molar-refractivity contribution >= 4 is 0 Å². The first kappa shape index (κ1) is 8.51. The lowest BCUT2D eigenvalue weighted by Gasteiger charge is -2.38. The molecule has 11 heavy (non-hydrogen) atoms. The van der Waals surface area contributed by atoms with Crippen molar-refractivity contribution in [3.8, 4) is 6.07 Å². The molecule has 0 amide bonds. The number of rotatable bonds is 4. The molecule has 0 atom stereocenters. The minimum absolute atomic E-state index is 0.314. The Morgan fingerprint density at radius 1 is 1.55 bits per heavy atom. The van der Waals surface area contributed by atoms with E-state index in [1.165, 1.54) is 0 Å². The Morgan fingerprint density at radius 2 is 2.27 bits per heavy atom. The van der Waals surface area contributed by atoms with Crippen molar-refractivity contribution in [3.63, 3.8) is 0 Å². The summed E-state index contributed by atoms with van der Waals surface area (Å²) in [7, 11) is 0. The van der Waals surface area contributed by atoms with E-state index in [-0.39, 0.29) is 0 Å². The van der Waals surface area contributed by atoms with E-state index >= 15 is 0 Å². The maximum absolute atomic E-state index is 8.70. The molecule has 1 aliphatic rings. The second kappa shape index (κ2) is 4.32. The Morgan fingerprint density at radius 3 is 2.82 bits per heavy atom. The summed E-state index contributed by atoms with van der Waals surface area (Å²) >= 11 is 0. The van der Waals surface area contributed by atoms with Crippen LogP contribution < -0.4 is 0 Å². The number of unbranched alkanes of at least 4 members (excludes halogenated alkanes) is 1. The Bertz CT molecular complexity index is 147. The third kappa shape index (κ3) is 2.49. The Labute approximate surface area is 67.2 Å². The molecule has 0 radical (unpaired) electrons. The van der Waals surface area contributed by atoms with Crippen LogP contribution in [0.3, 0.4) is 0 Å². The van der Waals surface area contributed by atoms with Crippen LogP contribution in [0.15, 0.2) is 0 Å². The van der Waals surface area contributed by atoms with Crippen molar-refractivity contribution in [3.05, 3.63) is 0 Å². The summed E-state index contributed by atoms with van der Waals surface area (Å²) in [6.07, 6.45) is 1.62. The third-order valence-electron chi connectivity index (χ3n) is 2.05. The predicted octanol–water partition coefficient (Wildman–Crippen LogP) is 0.214. The van der Waals surface area contributed by atoms with Gasteiger partial charge in [0.05, 0.1) is 6.07 Å². The summed E-state index contributed by atoms with van der Waals surface area (Å²) < 4.78 is 0. The lowest BCUT2D eigenvalue weighted by Crippen LogP contribution is -2.48. The second-order valence-corrected chi connectivity index (χ2v) is 3.07. The van der Waals surface area contributed by atoms with Gasteiger partial charge in [0.15, 0.2) is 0 Å². The van der Waals surface area contributed by atoms with E-state index < -0.39 is 0 Å². The molecule has 0 aromatic heterocycles. The number of hydrogen-bond donors (Lipinski definition) is 1. The molecule has 0 unspecified atom stereocenters. The van der Waals surface area contributed by atoms with Gasteiger partial charge >= 0.3 is 0 Å². The first-order valence-electron chi connectivity index (χ1n) is 4.07. The first-order valence-corrected chi connectivity index (χ1v) is 4.07. The maximum atomic E-state index is 8.70. The van der Waals surface area contributed by atoms with Crippen LogP contribution >= 0.6 is 0 Å². The van der Waals surface area contributed by atoms with Gasteiger partial charge in [0.2, 0.25) is 0 Å². The summed E-state index contributed by atoms with van der Waals surface area (Å²) in [6.45, 7) is 3.36. The Hall–Kier alpha value is -0.590. The lowest BCUT2D eigenvalue weighted by atomic mass is 10.0. The number of nitriles is 1. The van der Waals surface area contributed by atoms with Crippen molar-refractivity contribution in [1.29, 1.82) is 5.26 Å². The highest BCUT2D eigenvalue weighted by atomic mass is 16.3. The second-order valence-electron chi connectivity index (χ2n) is 3.07. The fourth-order valence-electron chi connectivity index (χ4n) is 1.36. The fourth-order valence-corrected chi connectivity index (χ4v) is 1.36. The molecule has 0 aromatic carbocycles. The van der Waals surface area contributed by atoms with Crippen molar-refractivity contribution < 1.29 is 5.11 Å². The molecule has 0 spiro atoms. The molecular formula is C8H14N2O. The van der Waals surface area contributed by atoms with Gasteiger partial charge in [-0.05, 0) is 13.0 Å². The van der Waals surface area contributed by atoms with E-state index in [0.29, 0.717) is 18.9 Å². The van der Waals surface area contributed by atoms with Crippen molar-refractivity contribution in [2.75, 3.05) is 26.2 Å². The molecule has 0 bridgehead atoms. The smallest absolute Gasteiger partial charge is 0.0622 e. The number of hydrogen-bond acceptors (Lipinski definition) is 3. The average Bonchev–Trinajstić information content (AvgIpc) is 1.94. The SMILES string of the molecule is N#CCCCN1CC(CO)C1. The average molecular weight is 154 g/mol. The molecule has 62 valence electrons. The van der Waals surface area contributed by atoms with Gasteiger partial charge in [-0.25, -0.2) is 0 Å². The summed E-state index contributed by atoms with van der Waals surface area (Å²) in [6, 6.07) is 2.12. The molecule has 0 saturated carbocycles. The molecule has 1 N–H and O–H groups in total. The van der Waals surface area contributed by atoms with E-state index in [1.54, 1.807) is 0 Å². The summed E-state index contributed by atoms with van der Waals surface area (Å²) in [5.74, 6) is 0.497. The summed E-state index contributed by atoms with van der Waals surface area (Å²) in [5.41, 5.74) is 0. The number of aliphatic hydroxyl groups excluding tert-OH is 1. The highest BCUT2D eigenvalue weighted by molar-refractivity contribution is 4.80. The molecule has 3 nitrogen and oxygen atoms in total. The van der Waals surface area contributed by atoms with Crippen LogP contribution in [-0.4, -0.2) is 36.2 Å². The van der Waals surface area contributed by atoms with Crippen molar-refractivity contribution in [1.82, 2.24) is 4.90 Å². The molecule has 0 aromatic rings. The van der Waals surface area contributed by atoms with Crippen molar-refractivity contribution in [2.45, 2.75) is 12.8 Å². The van der Waals surface area contributed by atoms with Gasteiger partial charge in [-0.15, -0.1) is 0 Å². The van der Waals surface area contributed by atoms with Crippen LogP contribution in [0.5, 0.6) is 0 Å². The van der Waals surface area contributed by atoms with Crippen LogP contribution in [0.2, 0.25) is 0 Å². The zero-order valence-electron chi connectivity index (χ0n) is 6.66. The van der Waals surface area contributed by atoms with E-state index in [4.69, 9.17) is 10.4 Å². The highest BCUT2D eigenvalue weighted by Crippen LogP contribution is 2.14. The lowest BCUT2D eigenvalue weighted by molar-refractivity contribution is 0.0536. The highest BCUT2D eigenvalue weighted by Gasteiger charge is 2.24. The standard InChI is InChI=1S/C8H14N2O/c9-3-1-2-4-10-5-8(6-10)7-11/h8,11H,1-2,4-7H2. The van der Waals surface area contributed by atoms with Gasteiger partial charge < -0.3 is 10.0 Å². The van der Waals surface area contributed by atoms with Crippen LogP contribution in [0.4, 0.5) is 0 Å². The quantitative estimate of drug-likeness (QED) is 0.589. The van der Waals surface area contributed by atoms with Gasteiger partial charge in [0, 0.05) is 32.0 Å². The van der Waals surface area contributed by atoms with Gasteiger partial charge in [-0.1, -0.05) is 0 Å². The number of likely N-dealkylation sites (tertiary alicyclic amines) is 1. The number of aliphatic hydroxyl groups is 1. The fraction of sp³-hybridized carbons (Fsp3) is 0.875. The molecule has 1 heterocycles. The normalized spacial score (nSPS) is 19.3. The van der Waals surface area contributed by atoms with Crippen molar-refractivity contribution in [2.24, 2.45) is 5.92 Å². The summed E-state index contributed by atoms with van der Waals surface area (Å²) in [4.78, 5) is 2.28. The van der Waals surface area contributed by atoms with Crippen LogP contribution in [0, 0.1) is 17.2 Å². The molecule has 1 fully saturated rings.